The molecule has 0 radical (unpaired) electrons. The number of amides is 1. The number of primary amides is 1. The SMILES string of the molecule is NC(=O)Oc1ccc2[nH]c(-c3ccc(CC4CCOCC4)cc3)nc2c1. The number of fused-ring (bicyclic) bond motifs is 1. The lowest BCUT2D eigenvalue weighted by molar-refractivity contribution is 0.0665. The predicted octanol–water partition coefficient (Wildman–Crippen LogP) is 3.66. The second-order valence-electron chi connectivity index (χ2n) is 6.64. The predicted molar refractivity (Wildman–Crippen MR) is 99.0 cm³/mol. The number of aromatic amines is 1. The number of nitrogens with one attached hydrogen (secondary N) is 1. The van der Waals surface area contributed by atoms with Crippen LogP contribution in [0.4, 0.5) is 4.79 Å². The van der Waals surface area contributed by atoms with Gasteiger partial charge in [0.05, 0.1) is 11.0 Å². The fourth-order valence-corrected chi connectivity index (χ4v) is 3.38. The van der Waals surface area contributed by atoms with Crippen LogP contribution in [-0.2, 0) is 11.2 Å². The largest absolute Gasteiger partial charge is 0.410 e. The highest BCUT2D eigenvalue weighted by atomic mass is 16.5. The molecule has 1 amide bonds. The van der Waals surface area contributed by atoms with Crippen LogP contribution in [-0.4, -0.2) is 29.3 Å². The summed E-state index contributed by atoms with van der Waals surface area (Å²) in [7, 11) is 0. The minimum atomic E-state index is -0.833. The Labute approximate surface area is 151 Å². The van der Waals surface area contributed by atoms with E-state index in [0.717, 1.165) is 54.9 Å². The van der Waals surface area contributed by atoms with Gasteiger partial charge >= 0.3 is 6.09 Å². The van der Waals surface area contributed by atoms with Crippen molar-refractivity contribution in [2.75, 3.05) is 13.2 Å². The molecule has 6 nitrogen and oxygen atoms in total. The van der Waals surface area contributed by atoms with Crippen LogP contribution in [0.3, 0.4) is 0 Å². The molecule has 134 valence electrons. The number of nitrogens with two attached hydrogens (primary N) is 1. The normalized spacial score (nSPS) is 15.2. The first-order valence-electron chi connectivity index (χ1n) is 8.81. The van der Waals surface area contributed by atoms with Crippen LogP contribution < -0.4 is 10.5 Å². The second kappa shape index (κ2) is 7.17. The van der Waals surface area contributed by atoms with Crippen LogP contribution in [0, 0.1) is 5.92 Å². The third-order valence-electron chi connectivity index (χ3n) is 4.77. The molecule has 0 spiro atoms. The van der Waals surface area contributed by atoms with E-state index in [0.29, 0.717) is 11.7 Å². The van der Waals surface area contributed by atoms with Gasteiger partial charge in [0, 0.05) is 24.8 Å². The van der Waals surface area contributed by atoms with E-state index in [2.05, 4.69) is 34.2 Å². The van der Waals surface area contributed by atoms with Gasteiger partial charge in [-0.15, -0.1) is 0 Å². The van der Waals surface area contributed by atoms with Crippen LogP contribution in [0.15, 0.2) is 42.5 Å². The van der Waals surface area contributed by atoms with E-state index in [1.54, 1.807) is 12.1 Å². The molecule has 0 aliphatic carbocycles. The average Bonchev–Trinajstić information content (AvgIpc) is 3.06. The molecule has 2 aromatic carbocycles. The summed E-state index contributed by atoms with van der Waals surface area (Å²) in [6.45, 7) is 1.76. The lowest BCUT2D eigenvalue weighted by Crippen LogP contribution is -2.17. The molecule has 3 aromatic rings. The number of H-pyrrole nitrogens is 1. The Bertz CT molecular complexity index is 912. The third kappa shape index (κ3) is 3.70. The summed E-state index contributed by atoms with van der Waals surface area (Å²) in [6.07, 6.45) is 2.54. The Hall–Kier alpha value is -2.86. The van der Waals surface area contributed by atoms with E-state index in [9.17, 15) is 4.79 Å². The van der Waals surface area contributed by atoms with E-state index < -0.39 is 6.09 Å². The lowest BCUT2D eigenvalue weighted by atomic mass is 9.92. The molecular formula is C20H21N3O3. The summed E-state index contributed by atoms with van der Waals surface area (Å²) < 4.78 is 10.3. The van der Waals surface area contributed by atoms with Gasteiger partial charge in [-0.1, -0.05) is 24.3 Å². The van der Waals surface area contributed by atoms with E-state index in [-0.39, 0.29) is 0 Å². The Kier molecular flexibility index (Phi) is 4.58. The van der Waals surface area contributed by atoms with Gasteiger partial charge < -0.3 is 20.2 Å². The first kappa shape index (κ1) is 16.6. The maximum Gasteiger partial charge on any atom is 0.409 e. The molecule has 4 rings (SSSR count). The van der Waals surface area contributed by atoms with Crippen LogP contribution in [0.2, 0.25) is 0 Å². The molecule has 3 N–H and O–H groups in total. The zero-order chi connectivity index (χ0) is 17.9. The summed E-state index contributed by atoms with van der Waals surface area (Å²) in [5.41, 5.74) is 9.02. The van der Waals surface area contributed by atoms with Crippen molar-refractivity contribution < 1.29 is 14.3 Å². The van der Waals surface area contributed by atoms with Crippen LogP contribution >= 0.6 is 0 Å². The molecule has 1 aromatic heterocycles. The molecule has 1 fully saturated rings. The zero-order valence-electron chi connectivity index (χ0n) is 14.4. The minimum Gasteiger partial charge on any atom is -0.410 e. The number of hydrogen-bond acceptors (Lipinski definition) is 4. The second-order valence-corrected chi connectivity index (χ2v) is 6.64. The van der Waals surface area contributed by atoms with Crippen LogP contribution in [0.1, 0.15) is 18.4 Å². The fraction of sp³-hybridized carbons (Fsp3) is 0.300. The van der Waals surface area contributed by atoms with Gasteiger partial charge in [0.2, 0.25) is 0 Å². The van der Waals surface area contributed by atoms with Gasteiger partial charge in [-0.25, -0.2) is 9.78 Å². The molecule has 1 saturated heterocycles. The van der Waals surface area contributed by atoms with Crippen molar-refractivity contribution in [3.05, 3.63) is 48.0 Å². The van der Waals surface area contributed by atoms with Crippen molar-refractivity contribution in [2.24, 2.45) is 11.7 Å². The van der Waals surface area contributed by atoms with Crippen LogP contribution in [0.25, 0.3) is 22.4 Å². The Morgan fingerprint density at radius 2 is 1.96 bits per heavy atom. The molecule has 2 heterocycles. The van der Waals surface area contributed by atoms with E-state index in [1.807, 2.05) is 6.07 Å². The highest BCUT2D eigenvalue weighted by Gasteiger charge is 2.14. The lowest BCUT2D eigenvalue weighted by Gasteiger charge is -2.21. The van der Waals surface area contributed by atoms with Gasteiger partial charge in [-0.3, -0.25) is 0 Å². The van der Waals surface area contributed by atoms with E-state index in [4.69, 9.17) is 15.2 Å². The number of carbonyl (C=O) groups excluding carboxylic acids is 1. The highest BCUT2D eigenvalue weighted by Crippen LogP contribution is 2.25. The summed E-state index contributed by atoms with van der Waals surface area (Å²) in [5, 5.41) is 0. The number of hydrogen-bond donors (Lipinski definition) is 2. The van der Waals surface area contributed by atoms with Crippen molar-refractivity contribution in [3.8, 4) is 17.1 Å². The van der Waals surface area contributed by atoms with Gasteiger partial charge in [0.25, 0.3) is 0 Å². The molecule has 1 aliphatic heterocycles. The number of ether oxygens (including phenoxy) is 2. The number of aromatic nitrogens is 2. The molecule has 26 heavy (non-hydrogen) atoms. The van der Waals surface area contributed by atoms with Crippen molar-refractivity contribution in [3.63, 3.8) is 0 Å². The number of benzene rings is 2. The zero-order valence-corrected chi connectivity index (χ0v) is 14.4. The number of nitrogens with zero attached hydrogens (tertiary/aromatic N) is 1. The number of imidazole rings is 1. The number of carbonyl (C=O) groups is 1. The van der Waals surface area contributed by atoms with Crippen LogP contribution in [0.5, 0.6) is 5.75 Å². The minimum absolute atomic E-state index is 0.384. The molecule has 0 saturated carbocycles. The quantitative estimate of drug-likeness (QED) is 0.750. The first-order chi connectivity index (χ1) is 12.7. The topological polar surface area (TPSA) is 90.2 Å². The highest BCUT2D eigenvalue weighted by molar-refractivity contribution is 5.81. The van der Waals surface area contributed by atoms with Crippen molar-refractivity contribution in [1.82, 2.24) is 9.97 Å². The maximum atomic E-state index is 10.9. The molecule has 1 aliphatic rings. The van der Waals surface area contributed by atoms with Crippen molar-refractivity contribution in [1.29, 1.82) is 0 Å². The molecule has 6 heteroatoms. The molecular weight excluding hydrogens is 330 g/mol. The Morgan fingerprint density at radius 1 is 1.19 bits per heavy atom. The van der Waals surface area contributed by atoms with E-state index in [1.165, 1.54) is 5.56 Å². The van der Waals surface area contributed by atoms with Gasteiger partial charge in [-0.05, 0) is 42.9 Å². The average molecular weight is 351 g/mol. The monoisotopic (exact) mass is 351 g/mol. The number of rotatable bonds is 4. The standard InChI is InChI=1S/C20H21N3O3/c21-20(24)26-16-5-6-17-18(12-16)23-19(22-17)15-3-1-13(2-4-15)11-14-7-9-25-10-8-14/h1-6,12,14H,7-11H2,(H2,21,24)(H,22,23). The Balaban J connectivity index is 1.52. The molecule has 0 bridgehead atoms. The van der Waals surface area contributed by atoms with Gasteiger partial charge in [-0.2, -0.15) is 0 Å². The third-order valence-corrected chi connectivity index (χ3v) is 4.77. The summed E-state index contributed by atoms with van der Waals surface area (Å²) in [6, 6.07) is 13.7. The first-order valence-corrected chi connectivity index (χ1v) is 8.81. The summed E-state index contributed by atoms with van der Waals surface area (Å²) >= 11 is 0. The summed E-state index contributed by atoms with van der Waals surface area (Å²) in [5.74, 6) is 1.88. The van der Waals surface area contributed by atoms with Gasteiger partial charge in [0.15, 0.2) is 0 Å². The van der Waals surface area contributed by atoms with Crippen molar-refractivity contribution >= 4 is 17.1 Å². The molecule has 0 unspecified atom stereocenters. The smallest absolute Gasteiger partial charge is 0.409 e. The van der Waals surface area contributed by atoms with E-state index >= 15 is 0 Å². The van der Waals surface area contributed by atoms with Gasteiger partial charge in [0.1, 0.15) is 11.6 Å². The molecule has 0 atom stereocenters. The summed E-state index contributed by atoms with van der Waals surface area (Å²) in [4.78, 5) is 18.8. The Morgan fingerprint density at radius 3 is 2.69 bits per heavy atom. The van der Waals surface area contributed by atoms with Crippen molar-refractivity contribution in [2.45, 2.75) is 19.3 Å². The maximum absolute atomic E-state index is 10.9. The fourth-order valence-electron chi connectivity index (χ4n) is 3.38.